The molecule has 108 valence electrons. The summed E-state index contributed by atoms with van der Waals surface area (Å²) in [5.74, 6) is -0.271. The highest BCUT2D eigenvalue weighted by atomic mass is 19.1. The Hall–Kier alpha value is -1.70. The van der Waals surface area contributed by atoms with Gasteiger partial charge in [-0.25, -0.2) is 4.39 Å². The zero-order chi connectivity index (χ0) is 14.8. The van der Waals surface area contributed by atoms with E-state index in [0.29, 0.717) is 0 Å². The number of halogens is 1. The number of hydrogen-bond donors (Lipinski definition) is 0. The monoisotopic (exact) mass is 273 g/mol. The molecule has 0 amide bonds. The van der Waals surface area contributed by atoms with Gasteiger partial charge in [-0.2, -0.15) is 0 Å². The van der Waals surface area contributed by atoms with Crippen LogP contribution in [-0.2, 0) is 19.3 Å². The second-order valence-electron chi connectivity index (χ2n) is 4.74. The van der Waals surface area contributed by atoms with Gasteiger partial charge in [-0.1, -0.05) is 51.5 Å². The summed E-state index contributed by atoms with van der Waals surface area (Å²) < 4.78 is 12.2. The largest absolute Gasteiger partial charge is 0.258 e. The fraction of sp³-hybridized carbons (Fsp3) is 0.389. The third-order valence-corrected chi connectivity index (χ3v) is 3.12. The molecule has 0 aliphatic carbocycles. The molecular formula is C18H24FN. The van der Waals surface area contributed by atoms with E-state index in [1.165, 1.54) is 36.2 Å². The van der Waals surface area contributed by atoms with Crippen molar-refractivity contribution in [3.05, 3.63) is 65.2 Å². The van der Waals surface area contributed by atoms with Gasteiger partial charge in [-0.3, -0.25) is 4.98 Å². The summed E-state index contributed by atoms with van der Waals surface area (Å²) in [6, 6.07) is 12.0. The van der Waals surface area contributed by atoms with E-state index in [4.69, 9.17) is 0 Å². The topological polar surface area (TPSA) is 12.9 Å². The molecule has 0 atom stereocenters. The van der Waals surface area contributed by atoms with Crippen molar-refractivity contribution in [2.24, 2.45) is 0 Å². The van der Waals surface area contributed by atoms with Gasteiger partial charge in [0.05, 0.1) is 6.20 Å². The fourth-order valence-corrected chi connectivity index (χ4v) is 1.85. The van der Waals surface area contributed by atoms with Gasteiger partial charge in [0, 0.05) is 5.69 Å². The smallest absolute Gasteiger partial charge is 0.141 e. The molecule has 0 unspecified atom stereocenters. The van der Waals surface area contributed by atoms with Crippen molar-refractivity contribution < 1.29 is 4.39 Å². The van der Waals surface area contributed by atoms with E-state index in [-0.39, 0.29) is 5.82 Å². The molecule has 1 aromatic heterocycles. The van der Waals surface area contributed by atoms with Gasteiger partial charge in [0.2, 0.25) is 0 Å². The van der Waals surface area contributed by atoms with Crippen LogP contribution in [0.3, 0.4) is 0 Å². The first-order valence-electron chi connectivity index (χ1n) is 7.37. The number of hydrogen-bond acceptors (Lipinski definition) is 1. The molecule has 0 aliphatic heterocycles. The van der Waals surface area contributed by atoms with E-state index >= 15 is 0 Å². The maximum Gasteiger partial charge on any atom is 0.141 e. The first-order valence-corrected chi connectivity index (χ1v) is 7.37. The van der Waals surface area contributed by atoms with Crippen LogP contribution in [0.1, 0.15) is 44.0 Å². The molecule has 2 rings (SSSR count). The lowest BCUT2D eigenvalue weighted by molar-refractivity contribution is 0.619. The Morgan fingerprint density at radius 2 is 1.50 bits per heavy atom. The highest BCUT2D eigenvalue weighted by Gasteiger charge is 1.90. The van der Waals surface area contributed by atoms with Crippen molar-refractivity contribution in [2.75, 3.05) is 0 Å². The van der Waals surface area contributed by atoms with Gasteiger partial charge >= 0.3 is 0 Å². The van der Waals surface area contributed by atoms with Gasteiger partial charge in [-0.05, 0) is 42.5 Å². The number of benzene rings is 1. The van der Waals surface area contributed by atoms with Gasteiger partial charge < -0.3 is 0 Å². The van der Waals surface area contributed by atoms with Crippen LogP contribution >= 0.6 is 0 Å². The minimum absolute atomic E-state index is 0.271. The summed E-state index contributed by atoms with van der Waals surface area (Å²) >= 11 is 0. The second kappa shape index (κ2) is 9.24. The molecule has 1 heterocycles. The Balaban J connectivity index is 0.000000204. The Bertz CT molecular complexity index is 474. The van der Waals surface area contributed by atoms with E-state index in [9.17, 15) is 4.39 Å². The van der Waals surface area contributed by atoms with E-state index in [1.807, 2.05) is 6.92 Å². The Labute approximate surface area is 121 Å². The SMILES string of the molecule is CCCc1ccc(CC)cc1.CCc1ccc(F)cn1. The summed E-state index contributed by atoms with van der Waals surface area (Å²) in [5, 5.41) is 0. The fourth-order valence-electron chi connectivity index (χ4n) is 1.85. The summed E-state index contributed by atoms with van der Waals surface area (Å²) in [6.45, 7) is 6.39. The molecule has 0 radical (unpaired) electrons. The van der Waals surface area contributed by atoms with Gasteiger partial charge in [0.25, 0.3) is 0 Å². The average Bonchev–Trinajstić information content (AvgIpc) is 2.50. The molecule has 0 bridgehead atoms. The van der Waals surface area contributed by atoms with Crippen molar-refractivity contribution >= 4 is 0 Å². The molecule has 0 saturated carbocycles. The number of pyridine rings is 1. The first-order chi connectivity index (χ1) is 9.69. The maximum atomic E-state index is 12.2. The Morgan fingerprint density at radius 3 is 1.95 bits per heavy atom. The highest BCUT2D eigenvalue weighted by Crippen LogP contribution is 2.06. The third-order valence-electron chi connectivity index (χ3n) is 3.12. The number of aromatic nitrogens is 1. The molecular weight excluding hydrogens is 249 g/mol. The van der Waals surface area contributed by atoms with E-state index in [2.05, 4.69) is 43.1 Å². The second-order valence-corrected chi connectivity index (χ2v) is 4.74. The molecule has 2 aromatic rings. The van der Waals surface area contributed by atoms with Gasteiger partial charge in [-0.15, -0.1) is 0 Å². The predicted octanol–water partition coefficient (Wildman–Crippen LogP) is 4.98. The van der Waals surface area contributed by atoms with Crippen molar-refractivity contribution in [1.82, 2.24) is 4.98 Å². The highest BCUT2D eigenvalue weighted by molar-refractivity contribution is 5.22. The summed E-state index contributed by atoms with van der Waals surface area (Å²) in [6.07, 6.45) is 5.70. The molecule has 0 saturated heterocycles. The molecule has 2 heteroatoms. The first kappa shape index (κ1) is 16.4. The lowest BCUT2D eigenvalue weighted by Crippen LogP contribution is -1.85. The van der Waals surface area contributed by atoms with Crippen molar-refractivity contribution in [3.63, 3.8) is 0 Å². The summed E-state index contributed by atoms with van der Waals surface area (Å²) in [7, 11) is 0. The van der Waals surface area contributed by atoms with Crippen molar-refractivity contribution in [2.45, 2.75) is 46.5 Å². The van der Waals surface area contributed by atoms with Crippen molar-refractivity contribution in [1.29, 1.82) is 0 Å². The molecule has 20 heavy (non-hydrogen) atoms. The summed E-state index contributed by atoms with van der Waals surface area (Å²) in [4.78, 5) is 3.82. The van der Waals surface area contributed by atoms with Crippen LogP contribution in [0.25, 0.3) is 0 Å². The van der Waals surface area contributed by atoms with Crippen molar-refractivity contribution in [3.8, 4) is 0 Å². The molecule has 1 nitrogen and oxygen atoms in total. The molecule has 1 aromatic carbocycles. The summed E-state index contributed by atoms with van der Waals surface area (Å²) in [5.41, 5.74) is 3.82. The number of rotatable bonds is 4. The minimum atomic E-state index is -0.271. The van der Waals surface area contributed by atoms with Crippen LogP contribution in [0.4, 0.5) is 4.39 Å². The van der Waals surface area contributed by atoms with E-state index < -0.39 is 0 Å². The van der Waals surface area contributed by atoms with Crippen LogP contribution in [0.2, 0.25) is 0 Å². The third kappa shape index (κ3) is 5.96. The average molecular weight is 273 g/mol. The lowest BCUT2D eigenvalue weighted by atomic mass is 10.1. The van der Waals surface area contributed by atoms with Gasteiger partial charge in [0.15, 0.2) is 0 Å². The van der Waals surface area contributed by atoms with Crippen LogP contribution in [-0.4, -0.2) is 4.98 Å². The normalized spacial score (nSPS) is 9.80. The maximum absolute atomic E-state index is 12.2. The zero-order valence-corrected chi connectivity index (χ0v) is 12.7. The van der Waals surface area contributed by atoms with Crippen LogP contribution in [0, 0.1) is 5.82 Å². The van der Waals surface area contributed by atoms with Crippen LogP contribution in [0.15, 0.2) is 42.6 Å². The Kier molecular flexibility index (Phi) is 7.56. The van der Waals surface area contributed by atoms with Crippen LogP contribution < -0.4 is 0 Å². The predicted molar refractivity (Wildman–Crippen MR) is 83.4 cm³/mol. The lowest BCUT2D eigenvalue weighted by Gasteiger charge is -1.99. The molecule has 0 aliphatic rings. The van der Waals surface area contributed by atoms with E-state index in [0.717, 1.165) is 18.5 Å². The van der Waals surface area contributed by atoms with Gasteiger partial charge in [0.1, 0.15) is 5.82 Å². The van der Waals surface area contributed by atoms with E-state index in [1.54, 1.807) is 6.07 Å². The molecule has 0 N–H and O–H groups in total. The molecule has 0 fully saturated rings. The number of aryl methyl sites for hydroxylation is 3. The minimum Gasteiger partial charge on any atom is -0.258 e. The quantitative estimate of drug-likeness (QED) is 0.765. The Morgan fingerprint density at radius 1 is 0.850 bits per heavy atom. The standard InChI is InChI=1S/C11H16.C7H8FN/c1-3-5-11-8-6-10(4-2)7-9-11;1-2-7-4-3-6(8)5-9-7/h6-9H,3-5H2,1-2H3;3-5H,2H2,1H3. The molecule has 0 spiro atoms. The number of nitrogens with zero attached hydrogens (tertiary/aromatic N) is 1. The van der Waals surface area contributed by atoms with Crippen LogP contribution in [0.5, 0.6) is 0 Å². The zero-order valence-electron chi connectivity index (χ0n) is 12.7.